The van der Waals surface area contributed by atoms with Crippen LogP contribution in [0.2, 0.25) is 0 Å². The Hall–Kier alpha value is -2.15. The number of nitrogens with one attached hydrogen (secondary N) is 2. The summed E-state index contributed by atoms with van der Waals surface area (Å²) in [5, 5.41) is 17.2. The lowest BCUT2D eigenvalue weighted by Crippen LogP contribution is -2.37. The molecule has 0 heterocycles. The van der Waals surface area contributed by atoms with Gasteiger partial charge in [0.15, 0.2) is 0 Å². The minimum Gasteiger partial charge on any atom is -0.444 e. The lowest BCUT2D eigenvalue weighted by atomic mass is 10.1. The Labute approximate surface area is 135 Å². The van der Waals surface area contributed by atoms with Crippen molar-refractivity contribution >= 4 is 11.8 Å². The molecule has 0 saturated heterocycles. The van der Waals surface area contributed by atoms with Crippen molar-refractivity contribution in [2.45, 2.75) is 57.8 Å². The number of carbonyl (C=O) groups is 1. The average Bonchev–Trinajstić information content (AvgIpc) is 3.13. The SMILES string of the molecule is CC(NC1CC1NC(=O)OC(C)(C)C)c1ccccc1[N+](=O)[O-]. The highest BCUT2D eigenvalue weighted by Gasteiger charge is 2.40. The number of hydrogen-bond donors (Lipinski definition) is 2. The van der Waals surface area contributed by atoms with Crippen LogP contribution in [-0.2, 0) is 4.74 Å². The molecular formula is C16H23N3O4. The zero-order chi connectivity index (χ0) is 17.2. The van der Waals surface area contributed by atoms with Crippen molar-refractivity contribution < 1.29 is 14.5 Å². The molecule has 7 nitrogen and oxygen atoms in total. The highest BCUT2D eigenvalue weighted by Crippen LogP contribution is 2.29. The summed E-state index contributed by atoms with van der Waals surface area (Å²) in [6.07, 6.45) is 0.342. The first kappa shape index (κ1) is 17.2. The van der Waals surface area contributed by atoms with Gasteiger partial charge in [0.05, 0.1) is 4.92 Å². The Morgan fingerprint density at radius 1 is 1.35 bits per heavy atom. The molecule has 0 bridgehead atoms. The second-order valence-electron chi connectivity index (χ2n) is 6.80. The van der Waals surface area contributed by atoms with Gasteiger partial charge in [-0.15, -0.1) is 0 Å². The van der Waals surface area contributed by atoms with Crippen molar-refractivity contribution in [3.05, 3.63) is 39.9 Å². The van der Waals surface area contributed by atoms with Gasteiger partial charge in [0.2, 0.25) is 0 Å². The fourth-order valence-electron chi connectivity index (χ4n) is 2.43. The number of carbonyl (C=O) groups excluding carboxylic acids is 1. The molecule has 1 aromatic carbocycles. The number of alkyl carbamates (subject to hydrolysis) is 1. The molecule has 3 atom stereocenters. The molecule has 1 amide bonds. The van der Waals surface area contributed by atoms with Crippen LogP contribution in [0.15, 0.2) is 24.3 Å². The van der Waals surface area contributed by atoms with Crippen LogP contribution in [0.3, 0.4) is 0 Å². The van der Waals surface area contributed by atoms with Crippen LogP contribution >= 0.6 is 0 Å². The third kappa shape index (κ3) is 4.92. The monoisotopic (exact) mass is 321 g/mol. The number of nitro groups is 1. The van der Waals surface area contributed by atoms with Crippen molar-refractivity contribution in [1.29, 1.82) is 0 Å². The molecule has 2 rings (SSSR count). The van der Waals surface area contributed by atoms with E-state index in [1.54, 1.807) is 18.2 Å². The van der Waals surface area contributed by atoms with E-state index < -0.39 is 11.7 Å². The van der Waals surface area contributed by atoms with Crippen LogP contribution in [0.1, 0.15) is 45.7 Å². The Kier molecular flexibility index (Phi) is 4.89. The first-order chi connectivity index (χ1) is 10.7. The summed E-state index contributed by atoms with van der Waals surface area (Å²) in [7, 11) is 0. The number of nitrogens with zero attached hydrogens (tertiary/aromatic N) is 1. The fourth-order valence-corrected chi connectivity index (χ4v) is 2.43. The number of nitro benzene ring substituents is 1. The van der Waals surface area contributed by atoms with Gasteiger partial charge in [0.1, 0.15) is 5.60 Å². The summed E-state index contributed by atoms with van der Waals surface area (Å²) in [6, 6.07) is 6.59. The molecule has 0 radical (unpaired) electrons. The molecule has 0 aromatic heterocycles. The second kappa shape index (κ2) is 6.54. The summed E-state index contributed by atoms with van der Waals surface area (Å²) in [4.78, 5) is 22.4. The average molecular weight is 321 g/mol. The Morgan fingerprint density at radius 3 is 2.61 bits per heavy atom. The lowest BCUT2D eigenvalue weighted by molar-refractivity contribution is -0.385. The van der Waals surface area contributed by atoms with Crippen LogP contribution in [0.25, 0.3) is 0 Å². The minimum absolute atomic E-state index is 0.00457. The summed E-state index contributed by atoms with van der Waals surface area (Å²) >= 11 is 0. The van der Waals surface area contributed by atoms with Gasteiger partial charge in [-0.3, -0.25) is 10.1 Å². The maximum atomic E-state index is 11.7. The highest BCUT2D eigenvalue weighted by molar-refractivity contribution is 5.68. The molecule has 0 spiro atoms. The zero-order valence-electron chi connectivity index (χ0n) is 13.8. The molecule has 2 N–H and O–H groups in total. The first-order valence-electron chi connectivity index (χ1n) is 7.66. The third-order valence-electron chi connectivity index (χ3n) is 3.56. The van der Waals surface area contributed by atoms with Crippen LogP contribution in [0.5, 0.6) is 0 Å². The first-order valence-corrected chi connectivity index (χ1v) is 7.66. The maximum Gasteiger partial charge on any atom is 0.407 e. The Bertz CT molecular complexity index is 597. The molecule has 126 valence electrons. The molecule has 1 aromatic rings. The maximum absolute atomic E-state index is 11.7. The quantitative estimate of drug-likeness (QED) is 0.642. The van der Waals surface area contributed by atoms with Crippen molar-refractivity contribution in [3.63, 3.8) is 0 Å². The molecule has 1 aliphatic rings. The molecule has 23 heavy (non-hydrogen) atoms. The summed E-state index contributed by atoms with van der Waals surface area (Å²) in [5.74, 6) is 0. The predicted octanol–water partition coefficient (Wildman–Crippen LogP) is 2.91. The van der Waals surface area contributed by atoms with Gasteiger partial charge in [-0.1, -0.05) is 18.2 Å². The number of amides is 1. The number of benzene rings is 1. The second-order valence-corrected chi connectivity index (χ2v) is 6.80. The largest absolute Gasteiger partial charge is 0.444 e. The van der Waals surface area contributed by atoms with Crippen LogP contribution in [0.4, 0.5) is 10.5 Å². The predicted molar refractivity (Wildman–Crippen MR) is 86.2 cm³/mol. The fraction of sp³-hybridized carbons (Fsp3) is 0.562. The smallest absolute Gasteiger partial charge is 0.407 e. The van der Waals surface area contributed by atoms with Gasteiger partial charge in [0, 0.05) is 29.8 Å². The number of rotatable bonds is 5. The zero-order valence-corrected chi connectivity index (χ0v) is 13.8. The standard InChI is InChI=1S/C16H23N3O4/c1-10(11-7-5-6-8-14(11)19(21)22)17-12-9-13(12)18-15(20)23-16(2,3)4/h5-8,10,12-13,17H,9H2,1-4H3,(H,18,20). The number of hydrogen-bond acceptors (Lipinski definition) is 5. The van der Waals surface area contributed by atoms with Crippen molar-refractivity contribution in [3.8, 4) is 0 Å². The summed E-state index contributed by atoms with van der Waals surface area (Å²) in [5.41, 5.74) is 0.213. The highest BCUT2D eigenvalue weighted by atomic mass is 16.6. The van der Waals surface area contributed by atoms with Crippen LogP contribution in [-0.4, -0.2) is 28.7 Å². The van der Waals surface area contributed by atoms with E-state index in [-0.39, 0.29) is 28.7 Å². The van der Waals surface area contributed by atoms with Gasteiger partial charge < -0.3 is 15.4 Å². The van der Waals surface area contributed by atoms with Crippen LogP contribution < -0.4 is 10.6 Å². The molecule has 0 aliphatic heterocycles. The molecular weight excluding hydrogens is 298 g/mol. The van der Waals surface area contributed by atoms with E-state index in [0.29, 0.717) is 5.56 Å². The van der Waals surface area contributed by atoms with Gasteiger partial charge in [-0.25, -0.2) is 4.79 Å². The topological polar surface area (TPSA) is 93.5 Å². The normalized spacial score (nSPS) is 21.4. The Balaban J connectivity index is 1.88. The van der Waals surface area contributed by atoms with E-state index in [0.717, 1.165) is 6.42 Å². The van der Waals surface area contributed by atoms with E-state index in [2.05, 4.69) is 10.6 Å². The van der Waals surface area contributed by atoms with E-state index >= 15 is 0 Å². The molecule has 3 unspecified atom stereocenters. The summed E-state index contributed by atoms with van der Waals surface area (Å²) < 4.78 is 5.21. The minimum atomic E-state index is -0.528. The van der Waals surface area contributed by atoms with Crippen molar-refractivity contribution in [2.24, 2.45) is 0 Å². The van der Waals surface area contributed by atoms with Gasteiger partial charge in [-0.2, -0.15) is 0 Å². The third-order valence-corrected chi connectivity index (χ3v) is 3.56. The van der Waals surface area contributed by atoms with E-state index in [1.807, 2.05) is 27.7 Å². The van der Waals surface area contributed by atoms with Crippen molar-refractivity contribution in [1.82, 2.24) is 10.6 Å². The van der Waals surface area contributed by atoms with E-state index in [4.69, 9.17) is 4.74 Å². The number of ether oxygens (including phenoxy) is 1. The molecule has 7 heteroatoms. The van der Waals surface area contributed by atoms with Crippen LogP contribution in [0, 0.1) is 10.1 Å². The lowest BCUT2D eigenvalue weighted by Gasteiger charge is -2.20. The summed E-state index contributed by atoms with van der Waals surface area (Å²) in [6.45, 7) is 7.31. The van der Waals surface area contributed by atoms with E-state index in [1.165, 1.54) is 6.07 Å². The Morgan fingerprint density at radius 2 is 2.00 bits per heavy atom. The van der Waals surface area contributed by atoms with Gasteiger partial charge in [0.25, 0.3) is 5.69 Å². The van der Waals surface area contributed by atoms with E-state index in [9.17, 15) is 14.9 Å². The number of para-hydroxylation sites is 1. The van der Waals surface area contributed by atoms with Gasteiger partial charge >= 0.3 is 6.09 Å². The molecule has 1 fully saturated rings. The molecule has 1 aliphatic carbocycles. The van der Waals surface area contributed by atoms with Crippen molar-refractivity contribution in [2.75, 3.05) is 0 Å². The molecule has 1 saturated carbocycles. The van der Waals surface area contributed by atoms with Gasteiger partial charge in [-0.05, 0) is 34.1 Å².